The number of amides is 7. The van der Waals surface area contributed by atoms with E-state index >= 15 is 0 Å². The summed E-state index contributed by atoms with van der Waals surface area (Å²) in [6, 6.07) is 2.36. The van der Waals surface area contributed by atoms with Gasteiger partial charge < -0.3 is 38.6 Å². The molecule has 2 unspecified atom stereocenters. The van der Waals surface area contributed by atoms with Gasteiger partial charge in [-0.15, -0.1) is 11.8 Å². The fourth-order valence-corrected chi connectivity index (χ4v) is 11.0. The topological polar surface area (TPSA) is 231 Å². The molecule has 5 heterocycles. The van der Waals surface area contributed by atoms with Crippen molar-refractivity contribution in [1.29, 1.82) is 0 Å². The lowest BCUT2D eigenvalue weighted by atomic mass is 9.83. The summed E-state index contributed by atoms with van der Waals surface area (Å²) in [5, 5.41) is 13.3. The molecule has 2 N–H and O–H groups in total. The molecule has 19 nitrogen and oxygen atoms in total. The molecular weight excluding hydrogens is 946 g/mol. The number of fused-ring (bicyclic) bond motifs is 5. The number of benzene rings is 1. The van der Waals surface area contributed by atoms with Gasteiger partial charge in [0.15, 0.2) is 5.72 Å². The van der Waals surface area contributed by atoms with Gasteiger partial charge in [0, 0.05) is 71.6 Å². The highest BCUT2D eigenvalue weighted by Crippen LogP contribution is 2.49. The van der Waals surface area contributed by atoms with Gasteiger partial charge in [-0.2, -0.15) is 11.8 Å². The van der Waals surface area contributed by atoms with Crippen molar-refractivity contribution in [3.05, 3.63) is 46.5 Å². The SMILES string of the molecule is COc1cc2cc(c1Cl)N(C)C(=O)C[C@H](OC(=O)[C@H](C)N(C)C(=O)CCSC1CC(=O)N(CCN3C(=O)CC(SC)C3=O)C1=O)[C@]1(C)O[C@H]1[C@H](C)[C@@H]1C[C@@](O)(NC(=O)O1)[C@H](OC)/C=C/C=C(\C)C2. The van der Waals surface area contributed by atoms with E-state index in [9.17, 15) is 43.5 Å². The maximum absolute atomic E-state index is 14.3. The Kier molecular flexibility index (Phi) is 16.7. The number of alkyl carbamates (subject to hydrolysis) is 1. The predicted molar refractivity (Wildman–Crippen MR) is 252 cm³/mol. The second kappa shape index (κ2) is 21.5. The minimum absolute atomic E-state index is 0.0736. The number of rotatable bonds is 13. The molecule has 10 atom stereocenters. The number of anilines is 1. The number of carbonyl (C=O) groups is 8. The van der Waals surface area contributed by atoms with Gasteiger partial charge in [0.2, 0.25) is 35.4 Å². The van der Waals surface area contributed by atoms with Crippen LogP contribution in [0.15, 0.2) is 35.9 Å². The van der Waals surface area contributed by atoms with Crippen LogP contribution in [-0.2, 0) is 58.9 Å². The van der Waals surface area contributed by atoms with Crippen LogP contribution in [0.1, 0.15) is 65.4 Å². The van der Waals surface area contributed by atoms with Crippen LogP contribution in [0.3, 0.4) is 0 Å². The van der Waals surface area contributed by atoms with Crippen molar-refractivity contribution in [1.82, 2.24) is 20.0 Å². The predicted octanol–water partition coefficient (Wildman–Crippen LogP) is 3.26. The molecule has 1 aromatic rings. The van der Waals surface area contributed by atoms with E-state index in [0.717, 1.165) is 32.7 Å². The van der Waals surface area contributed by atoms with Gasteiger partial charge in [-0.3, -0.25) is 43.9 Å². The summed E-state index contributed by atoms with van der Waals surface area (Å²) in [5.41, 5.74) is -1.21. The summed E-state index contributed by atoms with van der Waals surface area (Å²) in [6.07, 6.45) is 1.92. The van der Waals surface area contributed by atoms with Gasteiger partial charge in [0.25, 0.3) is 0 Å². The zero-order valence-corrected chi connectivity index (χ0v) is 42.0. The Morgan fingerprint density at radius 2 is 1.68 bits per heavy atom. The number of likely N-dealkylation sites (N-methyl/N-ethyl adjacent to an activating group) is 1. The van der Waals surface area contributed by atoms with Crippen LogP contribution in [0.2, 0.25) is 5.02 Å². The molecule has 22 heteroatoms. The van der Waals surface area contributed by atoms with Crippen molar-refractivity contribution >= 4 is 88.3 Å². The van der Waals surface area contributed by atoms with Gasteiger partial charge >= 0.3 is 12.1 Å². The zero-order valence-electron chi connectivity index (χ0n) is 39.6. The molecule has 4 saturated heterocycles. The van der Waals surface area contributed by atoms with Crippen molar-refractivity contribution in [2.24, 2.45) is 5.92 Å². The average molecular weight is 1010 g/mol. The maximum Gasteiger partial charge on any atom is 0.409 e. The summed E-state index contributed by atoms with van der Waals surface area (Å²) >= 11 is 9.19. The first-order chi connectivity index (χ1) is 32.1. The first-order valence-corrected chi connectivity index (χ1v) is 25.0. The van der Waals surface area contributed by atoms with Crippen LogP contribution in [0.5, 0.6) is 5.75 Å². The van der Waals surface area contributed by atoms with Gasteiger partial charge in [-0.1, -0.05) is 42.3 Å². The number of nitrogens with zero attached hydrogens (tertiary/aromatic N) is 4. The molecule has 7 amide bonds. The van der Waals surface area contributed by atoms with Crippen LogP contribution >= 0.6 is 35.1 Å². The van der Waals surface area contributed by atoms with Crippen molar-refractivity contribution in [2.45, 2.75) is 119 Å². The third-order valence-corrected chi connectivity index (χ3v) is 15.9. The molecule has 4 fully saturated rings. The Labute approximate surface area is 408 Å². The standard InChI is InChI=1S/C46H60ClN5O14S2/c1-24-11-10-12-33(63-8)46(61)23-30(64-44(60)48-46)25(2)40-45(4,66-40)34(22-36(54)50(6)28-18-27(17-24)19-29(62-7)39(28)47)65-43(59)26(3)49(5)35(53)13-16-68-32-21-38(56)52(42(32)58)15-14-51-37(55)20-31(67-9)41(51)57/h10-12,18-19,25-26,30-34,40,61H,13-17,20-23H2,1-9H3,(H,48,60)/b12-10+,24-11+/t25-,26+,30+,31?,32?,33-,34+,40+,45+,46+/m1/s1. The number of imide groups is 2. The molecule has 1 aromatic carbocycles. The Morgan fingerprint density at radius 3 is 2.29 bits per heavy atom. The molecule has 6 rings (SSSR count). The highest BCUT2D eigenvalue weighted by atomic mass is 35.5. The van der Waals surface area contributed by atoms with Crippen LogP contribution in [-0.4, -0.2) is 173 Å². The zero-order chi connectivity index (χ0) is 50.0. The summed E-state index contributed by atoms with van der Waals surface area (Å²) in [4.78, 5) is 110. The van der Waals surface area contributed by atoms with Crippen LogP contribution in [0.4, 0.5) is 10.5 Å². The highest BCUT2D eigenvalue weighted by molar-refractivity contribution is 8.00. The molecule has 372 valence electrons. The summed E-state index contributed by atoms with van der Waals surface area (Å²) in [5.74, 6) is -3.54. The smallest absolute Gasteiger partial charge is 0.409 e. The van der Waals surface area contributed by atoms with E-state index in [1.54, 1.807) is 44.4 Å². The molecule has 4 bridgehead atoms. The second-order valence-electron chi connectivity index (χ2n) is 17.9. The number of halogens is 1. The number of allylic oxidation sites excluding steroid dienone is 3. The van der Waals surface area contributed by atoms with Crippen molar-refractivity contribution in [3.8, 4) is 5.75 Å². The lowest BCUT2D eigenvalue weighted by Gasteiger charge is -2.42. The van der Waals surface area contributed by atoms with E-state index < -0.39 is 100 Å². The maximum atomic E-state index is 14.3. The number of aliphatic hydroxyl groups is 1. The van der Waals surface area contributed by atoms with Gasteiger partial charge in [0.05, 0.1) is 35.8 Å². The third-order valence-electron chi connectivity index (χ3n) is 13.4. The normalized spacial score (nSPS) is 31.7. The largest absolute Gasteiger partial charge is 0.495 e. The Hall–Kier alpha value is -4.67. The minimum Gasteiger partial charge on any atom is -0.495 e. The first-order valence-electron chi connectivity index (χ1n) is 22.2. The van der Waals surface area contributed by atoms with E-state index in [2.05, 4.69) is 5.32 Å². The molecule has 0 spiro atoms. The molecule has 0 aromatic heterocycles. The number of carbonyl (C=O) groups excluding carboxylic acids is 8. The van der Waals surface area contributed by atoms with E-state index in [4.69, 9.17) is 35.3 Å². The minimum atomic E-state index is -1.88. The van der Waals surface area contributed by atoms with Gasteiger partial charge in [0.1, 0.15) is 40.7 Å². The lowest BCUT2D eigenvalue weighted by Crippen LogP contribution is -2.63. The second-order valence-corrected chi connectivity index (χ2v) is 20.6. The Bertz CT molecular complexity index is 2270. The van der Waals surface area contributed by atoms with Crippen LogP contribution < -0.4 is 15.0 Å². The number of likely N-dealkylation sites (tertiary alicyclic amines) is 2. The number of hydrogen-bond acceptors (Lipinski definition) is 16. The van der Waals surface area contributed by atoms with Crippen molar-refractivity contribution < 1.29 is 67.1 Å². The van der Waals surface area contributed by atoms with E-state index in [0.29, 0.717) is 17.9 Å². The monoisotopic (exact) mass is 1010 g/mol. The van der Waals surface area contributed by atoms with E-state index in [1.807, 2.05) is 13.0 Å². The lowest BCUT2D eigenvalue weighted by molar-refractivity contribution is -0.162. The molecular formula is C46H60ClN5O14S2. The fraction of sp³-hybridized carbons (Fsp3) is 0.609. The number of nitrogens with one attached hydrogen (secondary N) is 1. The molecule has 0 radical (unpaired) electrons. The number of methoxy groups -OCH3 is 2. The molecule has 5 aliphatic heterocycles. The van der Waals surface area contributed by atoms with Gasteiger partial charge in [-0.25, -0.2) is 9.59 Å². The highest BCUT2D eigenvalue weighted by Gasteiger charge is 2.64. The number of ether oxygens (including phenoxy) is 5. The fourth-order valence-electron chi connectivity index (χ4n) is 8.97. The number of epoxide rings is 1. The summed E-state index contributed by atoms with van der Waals surface area (Å²) in [6.45, 7) is 6.60. The Morgan fingerprint density at radius 1 is 1.03 bits per heavy atom. The number of esters is 1. The van der Waals surface area contributed by atoms with Gasteiger partial charge in [-0.05, 0) is 51.1 Å². The number of hydrogen-bond donors (Lipinski definition) is 2. The van der Waals surface area contributed by atoms with Crippen molar-refractivity contribution in [3.63, 3.8) is 0 Å². The number of thioether (sulfide) groups is 2. The molecule has 68 heavy (non-hydrogen) atoms. The molecule has 0 aliphatic carbocycles. The van der Waals surface area contributed by atoms with E-state index in [-0.39, 0.29) is 61.4 Å². The third kappa shape index (κ3) is 11.2. The van der Waals surface area contributed by atoms with Crippen LogP contribution in [0.25, 0.3) is 0 Å². The first kappa shape index (κ1) is 52.7. The quantitative estimate of drug-likeness (QED) is 0.164. The summed E-state index contributed by atoms with van der Waals surface area (Å²) < 4.78 is 29.3. The molecule has 5 aliphatic rings. The summed E-state index contributed by atoms with van der Waals surface area (Å²) in [7, 11) is 5.83. The molecule has 0 saturated carbocycles. The average Bonchev–Trinajstić information content (AvgIpc) is 3.82. The van der Waals surface area contributed by atoms with Crippen molar-refractivity contribution in [2.75, 3.05) is 58.3 Å². The Balaban J connectivity index is 1.16. The van der Waals surface area contributed by atoms with E-state index in [1.165, 1.54) is 56.8 Å². The van der Waals surface area contributed by atoms with Crippen LogP contribution in [0, 0.1) is 5.92 Å².